The third-order valence-electron chi connectivity index (χ3n) is 4.17. The molecule has 102 valence electrons. The zero-order chi connectivity index (χ0) is 13.1. The molecule has 2 unspecified atom stereocenters. The Morgan fingerprint density at radius 2 is 1.94 bits per heavy atom. The van der Waals surface area contributed by atoms with Gasteiger partial charge in [-0.1, -0.05) is 19.8 Å². The smallest absolute Gasteiger partial charge is 0.332 e. The van der Waals surface area contributed by atoms with E-state index < -0.39 is 18.2 Å². The number of ether oxygens (including phenoxy) is 1. The minimum absolute atomic E-state index is 0.155. The lowest BCUT2D eigenvalue weighted by atomic mass is 9.98. The van der Waals surface area contributed by atoms with Crippen molar-refractivity contribution in [1.29, 1.82) is 0 Å². The Kier molecular flexibility index (Phi) is 4.22. The molecule has 1 heterocycles. The van der Waals surface area contributed by atoms with Crippen LogP contribution in [0.2, 0.25) is 0 Å². The minimum atomic E-state index is -0.977. The molecule has 1 amide bonds. The van der Waals surface area contributed by atoms with E-state index in [1.807, 2.05) is 0 Å². The molecule has 2 aliphatic rings. The summed E-state index contributed by atoms with van der Waals surface area (Å²) in [6.07, 6.45) is 3.18. The zero-order valence-corrected chi connectivity index (χ0v) is 10.7. The number of amides is 1. The van der Waals surface area contributed by atoms with Gasteiger partial charge in [0.05, 0.1) is 0 Å². The van der Waals surface area contributed by atoms with Gasteiger partial charge in [0.1, 0.15) is 6.10 Å². The molecule has 0 aromatic rings. The first-order valence-corrected chi connectivity index (χ1v) is 6.74. The SMILES string of the molecule is CC1CCCC1CNC(=O)[C@@H]1CC[C@H](C(=O)O)O1. The Balaban J connectivity index is 1.74. The van der Waals surface area contributed by atoms with Gasteiger partial charge < -0.3 is 15.2 Å². The maximum Gasteiger partial charge on any atom is 0.332 e. The third-order valence-corrected chi connectivity index (χ3v) is 4.17. The van der Waals surface area contributed by atoms with Crippen LogP contribution in [0.25, 0.3) is 0 Å². The summed E-state index contributed by atoms with van der Waals surface area (Å²) in [5.74, 6) is 0.0970. The van der Waals surface area contributed by atoms with Crippen LogP contribution in [-0.4, -0.2) is 35.7 Å². The van der Waals surface area contributed by atoms with E-state index in [4.69, 9.17) is 9.84 Å². The highest BCUT2D eigenvalue weighted by atomic mass is 16.5. The van der Waals surface area contributed by atoms with E-state index in [-0.39, 0.29) is 5.91 Å². The largest absolute Gasteiger partial charge is 0.479 e. The van der Waals surface area contributed by atoms with Gasteiger partial charge in [-0.05, 0) is 31.1 Å². The van der Waals surface area contributed by atoms with Gasteiger partial charge in [0.2, 0.25) is 5.91 Å². The van der Waals surface area contributed by atoms with Gasteiger partial charge in [0.15, 0.2) is 6.10 Å². The summed E-state index contributed by atoms with van der Waals surface area (Å²) in [4.78, 5) is 22.6. The molecule has 2 rings (SSSR count). The fourth-order valence-electron chi connectivity index (χ4n) is 2.88. The molecule has 4 atom stereocenters. The van der Waals surface area contributed by atoms with E-state index in [1.54, 1.807) is 0 Å². The highest BCUT2D eigenvalue weighted by Crippen LogP contribution is 2.30. The topological polar surface area (TPSA) is 75.6 Å². The van der Waals surface area contributed by atoms with Crippen molar-refractivity contribution < 1.29 is 19.4 Å². The van der Waals surface area contributed by atoms with Crippen molar-refractivity contribution in [2.75, 3.05) is 6.54 Å². The average Bonchev–Trinajstić information content (AvgIpc) is 2.94. The van der Waals surface area contributed by atoms with E-state index in [1.165, 1.54) is 19.3 Å². The number of carboxylic acid groups (broad SMARTS) is 1. The number of nitrogens with one attached hydrogen (secondary N) is 1. The van der Waals surface area contributed by atoms with Crippen molar-refractivity contribution in [2.24, 2.45) is 11.8 Å². The summed E-state index contributed by atoms with van der Waals surface area (Å²) >= 11 is 0. The minimum Gasteiger partial charge on any atom is -0.479 e. The van der Waals surface area contributed by atoms with E-state index in [0.29, 0.717) is 31.2 Å². The molecule has 2 N–H and O–H groups in total. The summed E-state index contributed by atoms with van der Waals surface area (Å²) in [6, 6.07) is 0. The van der Waals surface area contributed by atoms with Crippen molar-refractivity contribution in [3.63, 3.8) is 0 Å². The third kappa shape index (κ3) is 3.02. The molecule has 5 nitrogen and oxygen atoms in total. The lowest BCUT2D eigenvalue weighted by Crippen LogP contribution is -2.38. The number of carbonyl (C=O) groups excluding carboxylic acids is 1. The fraction of sp³-hybridized carbons (Fsp3) is 0.846. The van der Waals surface area contributed by atoms with E-state index >= 15 is 0 Å². The molecule has 1 aliphatic carbocycles. The molecule has 1 saturated carbocycles. The second kappa shape index (κ2) is 5.69. The number of aliphatic carboxylic acids is 1. The van der Waals surface area contributed by atoms with Crippen molar-refractivity contribution in [3.8, 4) is 0 Å². The summed E-state index contributed by atoms with van der Waals surface area (Å²) in [5, 5.41) is 11.7. The lowest BCUT2D eigenvalue weighted by Gasteiger charge is -2.17. The highest BCUT2D eigenvalue weighted by molar-refractivity contribution is 5.82. The van der Waals surface area contributed by atoms with E-state index in [2.05, 4.69) is 12.2 Å². The molecule has 5 heteroatoms. The molecule has 0 aromatic carbocycles. The first-order chi connectivity index (χ1) is 8.58. The van der Waals surface area contributed by atoms with Crippen molar-refractivity contribution >= 4 is 11.9 Å². The Morgan fingerprint density at radius 3 is 2.50 bits per heavy atom. The summed E-state index contributed by atoms with van der Waals surface area (Å²) < 4.78 is 5.22. The summed E-state index contributed by atoms with van der Waals surface area (Å²) in [6.45, 7) is 2.91. The van der Waals surface area contributed by atoms with Crippen molar-refractivity contribution in [2.45, 2.75) is 51.2 Å². The van der Waals surface area contributed by atoms with Crippen LogP contribution < -0.4 is 5.32 Å². The van der Waals surface area contributed by atoms with Gasteiger partial charge >= 0.3 is 5.97 Å². The van der Waals surface area contributed by atoms with Gasteiger partial charge in [0, 0.05) is 6.54 Å². The van der Waals surface area contributed by atoms with Crippen molar-refractivity contribution in [1.82, 2.24) is 5.32 Å². The Hall–Kier alpha value is -1.10. The number of hydrogen-bond acceptors (Lipinski definition) is 3. The molecule has 2 fully saturated rings. The number of hydrogen-bond donors (Lipinski definition) is 2. The van der Waals surface area contributed by atoms with Gasteiger partial charge in [-0.3, -0.25) is 4.79 Å². The quantitative estimate of drug-likeness (QED) is 0.790. The molecular weight excluding hydrogens is 234 g/mol. The zero-order valence-electron chi connectivity index (χ0n) is 10.7. The maximum absolute atomic E-state index is 11.8. The molecule has 0 bridgehead atoms. The Bertz CT molecular complexity index is 331. The van der Waals surface area contributed by atoms with Crippen LogP contribution in [0.15, 0.2) is 0 Å². The van der Waals surface area contributed by atoms with Crippen LogP contribution in [-0.2, 0) is 14.3 Å². The first kappa shape index (κ1) is 13.3. The molecule has 1 aliphatic heterocycles. The Labute approximate surface area is 107 Å². The summed E-state index contributed by atoms with van der Waals surface area (Å²) in [5.41, 5.74) is 0. The number of carbonyl (C=O) groups is 2. The molecule has 1 saturated heterocycles. The van der Waals surface area contributed by atoms with Crippen LogP contribution in [0.4, 0.5) is 0 Å². The normalized spacial score (nSPS) is 35.6. The van der Waals surface area contributed by atoms with E-state index in [9.17, 15) is 9.59 Å². The molecule has 0 spiro atoms. The second-order valence-corrected chi connectivity index (χ2v) is 5.44. The molecule has 0 radical (unpaired) electrons. The van der Waals surface area contributed by atoms with Crippen LogP contribution in [0.1, 0.15) is 39.0 Å². The predicted octanol–water partition coefficient (Wildman–Crippen LogP) is 1.17. The standard InChI is InChI=1S/C13H21NO4/c1-8-3-2-4-9(8)7-14-12(15)10-5-6-11(18-10)13(16)17/h8-11H,2-7H2,1H3,(H,14,15)(H,16,17)/t8?,9?,10-,11+/m0/s1. The van der Waals surface area contributed by atoms with Crippen LogP contribution >= 0.6 is 0 Å². The molecular formula is C13H21NO4. The monoisotopic (exact) mass is 255 g/mol. The lowest BCUT2D eigenvalue weighted by molar-refractivity contribution is -0.151. The maximum atomic E-state index is 11.8. The number of carboxylic acids is 1. The summed E-state index contributed by atoms with van der Waals surface area (Å²) in [7, 11) is 0. The predicted molar refractivity (Wildman–Crippen MR) is 65.0 cm³/mol. The number of rotatable bonds is 4. The molecule has 18 heavy (non-hydrogen) atoms. The molecule has 0 aromatic heterocycles. The average molecular weight is 255 g/mol. The first-order valence-electron chi connectivity index (χ1n) is 6.74. The van der Waals surface area contributed by atoms with Gasteiger partial charge in [0.25, 0.3) is 0 Å². The van der Waals surface area contributed by atoms with Gasteiger partial charge in [-0.2, -0.15) is 0 Å². The van der Waals surface area contributed by atoms with Crippen LogP contribution in [0.3, 0.4) is 0 Å². The van der Waals surface area contributed by atoms with Gasteiger partial charge in [-0.15, -0.1) is 0 Å². The van der Waals surface area contributed by atoms with Crippen molar-refractivity contribution in [3.05, 3.63) is 0 Å². The van der Waals surface area contributed by atoms with Crippen LogP contribution in [0, 0.1) is 11.8 Å². The van der Waals surface area contributed by atoms with Gasteiger partial charge in [-0.25, -0.2) is 4.79 Å². The highest BCUT2D eigenvalue weighted by Gasteiger charge is 2.35. The second-order valence-electron chi connectivity index (χ2n) is 5.44. The van der Waals surface area contributed by atoms with E-state index in [0.717, 1.165) is 0 Å². The Morgan fingerprint density at radius 1 is 1.22 bits per heavy atom. The van der Waals surface area contributed by atoms with Crippen LogP contribution in [0.5, 0.6) is 0 Å². The fourth-order valence-corrected chi connectivity index (χ4v) is 2.88.